The zero-order valence-corrected chi connectivity index (χ0v) is 8.28. The van der Waals surface area contributed by atoms with Gasteiger partial charge in [-0.15, -0.1) is 22.7 Å². The minimum Gasteiger partial charge on any atom is -0.506 e. The zero-order valence-electron chi connectivity index (χ0n) is 6.65. The van der Waals surface area contributed by atoms with E-state index in [1.807, 2.05) is 6.07 Å². The maximum atomic E-state index is 9.52. The van der Waals surface area contributed by atoms with Gasteiger partial charge in [-0.25, -0.2) is 0 Å². The summed E-state index contributed by atoms with van der Waals surface area (Å²) >= 11 is 3.34. The van der Waals surface area contributed by atoms with E-state index >= 15 is 0 Å². The molecule has 0 aliphatic heterocycles. The fourth-order valence-corrected chi connectivity index (χ4v) is 3.51. The summed E-state index contributed by atoms with van der Waals surface area (Å²) in [4.78, 5) is 0. The van der Waals surface area contributed by atoms with E-state index in [4.69, 9.17) is 0 Å². The Balaban J connectivity index is 2.66. The van der Waals surface area contributed by atoms with E-state index in [1.54, 1.807) is 28.1 Å². The van der Waals surface area contributed by atoms with Gasteiger partial charge in [0.1, 0.15) is 5.75 Å². The first kappa shape index (κ1) is 7.35. The summed E-state index contributed by atoms with van der Waals surface area (Å²) in [7, 11) is 0. The average molecular weight is 206 g/mol. The molecule has 0 aliphatic carbocycles. The average Bonchev–Trinajstić information content (AvgIpc) is 2.70. The molecule has 64 valence electrons. The van der Waals surface area contributed by atoms with Crippen molar-refractivity contribution < 1.29 is 5.11 Å². The predicted octanol–water partition coefficient (Wildman–Crippen LogP) is 3.82. The minimum atomic E-state index is 0.398. The zero-order chi connectivity index (χ0) is 8.84. The summed E-state index contributed by atoms with van der Waals surface area (Å²) in [5.41, 5.74) is 0. The van der Waals surface area contributed by atoms with E-state index < -0.39 is 0 Å². The lowest BCUT2D eigenvalue weighted by Gasteiger charge is -1.91. The quantitative estimate of drug-likeness (QED) is 0.592. The van der Waals surface area contributed by atoms with Crippen LogP contribution in [-0.2, 0) is 0 Å². The molecule has 2 heterocycles. The van der Waals surface area contributed by atoms with Crippen LogP contribution in [0.5, 0.6) is 5.75 Å². The first-order valence-corrected chi connectivity index (χ1v) is 5.68. The van der Waals surface area contributed by atoms with Crippen molar-refractivity contribution in [3.05, 3.63) is 29.0 Å². The predicted molar refractivity (Wildman–Crippen MR) is 58.9 cm³/mol. The Bertz CT molecular complexity index is 577. The van der Waals surface area contributed by atoms with E-state index in [0.29, 0.717) is 5.75 Å². The standard InChI is InChI=1S/C10H6OS2/c11-8-5-13-10-7(8)2-1-6-3-4-12-9(6)10/h1-5,11H. The van der Waals surface area contributed by atoms with Crippen molar-refractivity contribution in [2.45, 2.75) is 0 Å². The van der Waals surface area contributed by atoms with Gasteiger partial charge in [0, 0.05) is 10.8 Å². The normalized spacial score (nSPS) is 11.4. The molecule has 0 saturated heterocycles. The van der Waals surface area contributed by atoms with Gasteiger partial charge in [0.2, 0.25) is 0 Å². The van der Waals surface area contributed by atoms with E-state index in [2.05, 4.69) is 17.5 Å². The van der Waals surface area contributed by atoms with Gasteiger partial charge in [-0.1, -0.05) is 6.07 Å². The van der Waals surface area contributed by atoms with E-state index in [0.717, 1.165) is 5.39 Å². The Labute approximate surface area is 82.9 Å². The molecular formula is C10H6OS2. The maximum absolute atomic E-state index is 9.52. The largest absolute Gasteiger partial charge is 0.506 e. The van der Waals surface area contributed by atoms with Gasteiger partial charge in [-0.05, 0) is 22.9 Å². The van der Waals surface area contributed by atoms with Crippen molar-refractivity contribution in [3.63, 3.8) is 0 Å². The number of fused-ring (bicyclic) bond motifs is 3. The maximum Gasteiger partial charge on any atom is 0.134 e. The monoisotopic (exact) mass is 206 g/mol. The van der Waals surface area contributed by atoms with Crippen molar-refractivity contribution in [3.8, 4) is 5.75 Å². The number of aromatic hydroxyl groups is 1. The van der Waals surface area contributed by atoms with Crippen LogP contribution in [0.25, 0.3) is 20.2 Å². The molecule has 0 unspecified atom stereocenters. The fourth-order valence-electron chi connectivity index (χ4n) is 1.50. The van der Waals surface area contributed by atoms with Gasteiger partial charge < -0.3 is 5.11 Å². The molecule has 0 spiro atoms. The van der Waals surface area contributed by atoms with Crippen LogP contribution in [0.15, 0.2) is 29.0 Å². The Hall–Kier alpha value is -1.06. The van der Waals surface area contributed by atoms with Gasteiger partial charge in [0.25, 0.3) is 0 Å². The van der Waals surface area contributed by atoms with Crippen LogP contribution in [0.1, 0.15) is 0 Å². The summed E-state index contributed by atoms with van der Waals surface area (Å²) in [6, 6.07) is 6.15. The molecule has 0 atom stereocenters. The molecule has 1 aromatic carbocycles. The molecule has 13 heavy (non-hydrogen) atoms. The number of rotatable bonds is 0. The molecule has 0 aliphatic rings. The van der Waals surface area contributed by atoms with E-state index in [-0.39, 0.29) is 0 Å². The number of hydrogen-bond acceptors (Lipinski definition) is 3. The van der Waals surface area contributed by atoms with Crippen molar-refractivity contribution in [2.24, 2.45) is 0 Å². The highest BCUT2D eigenvalue weighted by atomic mass is 32.1. The Morgan fingerprint density at radius 3 is 2.85 bits per heavy atom. The Morgan fingerprint density at radius 1 is 1.00 bits per heavy atom. The summed E-state index contributed by atoms with van der Waals surface area (Å²) in [6.45, 7) is 0. The summed E-state index contributed by atoms with van der Waals surface area (Å²) < 4.78 is 2.48. The van der Waals surface area contributed by atoms with Crippen LogP contribution in [0.4, 0.5) is 0 Å². The van der Waals surface area contributed by atoms with Crippen LogP contribution in [0.3, 0.4) is 0 Å². The third-order valence-electron chi connectivity index (χ3n) is 2.14. The highest BCUT2D eigenvalue weighted by Crippen LogP contribution is 2.38. The van der Waals surface area contributed by atoms with Crippen molar-refractivity contribution in [2.75, 3.05) is 0 Å². The van der Waals surface area contributed by atoms with Crippen molar-refractivity contribution >= 4 is 42.8 Å². The van der Waals surface area contributed by atoms with Gasteiger partial charge >= 0.3 is 0 Å². The molecule has 3 heteroatoms. The summed E-state index contributed by atoms with van der Waals surface area (Å²) in [5.74, 6) is 0.398. The lowest BCUT2D eigenvalue weighted by Crippen LogP contribution is -1.64. The third-order valence-corrected chi connectivity index (χ3v) is 4.22. The van der Waals surface area contributed by atoms with Crippen LogP contribution < -0.4 is 0 Å². The Kier molecular flexibility index (Phi) is 1.39. The second kappa shape index (κ2) is 2.47. The van der Waals surface area contributed by atoms with Crippen LogP contribution in [0, 0.1) is 0 Å². The first-order valence-electron chi connectivity index (χ1n) is 3.92. The summed E-state index contributed by atoms with van der Waals surface area (Å²) in [6.07, 6.45) is 0. The highest BCUT2D eigenvalue weighted by Gasteiger charge is 2.06. The molecule has 0 bridgehead atoms. The number of benzene rings is 1. The molecule has 0 fully saturated rings. The van der Waals surface area contributed by atoms with Crippen LogP contribution in [-0.4, -0.2) is 5.11 Å². The fraction of sp³-hybridized carbons (Fsp3) is 0. The molecule has 3 aromatic rings. The molecule has 2 aromatic heterocycles. The smallest absolute Gasteiger partial charge is 0.134 e. The molecule has 0 amide bonds. The lowest BCUT2D eigenvalue weighted by molar-refractivity contribution is 0.484. The molecule has 1 N–H and O–H groups in total. The Morgan fingerprint density at radius 2 is 1.92 bits per heavy atom. The second-order valence-electron chi connectivity index (χ2n) is 2.90. The van der Waals surface area contributed by atoms with Gasteiger partial charge in [0.15, 0.2) is 0 Å². The topological polar surface area (TPSA) is 20.2 Å². The number of hydrogen-bond donors (Lipinski definition) is 1. The van der Waals surface area contributed by atoms with Crippen molar-refractivity contribution in [1.82, 2.24) is 0 Å². The van der Waals surface area contributed by atoms with Gasteiger partial charge in [-0.3, -0.25) is 0 Å². The SMILES string of the molecule is Oc1csc2c1ccc1ccsc12. The third kappa shape index (κ3) is 0.913. The summed E-state index contributed by atoms with van der Waals surface area (Å²) in [5, 5.41) is 15.6. The van der Waals surface area contributed by atoms with Crippen LogP contribution in [0.2, 0.25) is 0 Å². The minimum absolute atomic E-state index is 0.398. The lowest BCUT2D eigenvalue weighted by atomic mass is 10.2. The molecule has 0 radical (unpaired) electrons. The van der Waals surface area contributed by atoms with E-state index in [1.165, 1.54) is 14.8 Å². The van der Waals surface area contributed by atoms with Crippen LogP contribution >= 0.6 is 22.7 Å². The first-order chi connectivity index (χ1) is 6.36. The van der Waals surface area contributed by atoms with E-state index in [9.17, 15) is 5.11 Å². The highest BCUT2D eigenvalue weighted by molar-refractivity contribution is 7.25. The molecule has 0 saturated carbocycles. The second-order valence-corrected chi connectivity index (χ2v) is 4.70. The molecule has 1 nitrogen and oxygen atoms in total. The van der Waals surface area contributed by atoms with Crippen molar-refractivity contribution in [1.29, 1.82) is 0 Å². The van der Waals surface area contributed by atoms with Gasteiger partial charge in [-0.2, -0.15) is 0 Å². The molecular weight excluding hydrogens is 200 g/mol. The van der Waals surface area contributed by atoms with Gasteiger partial charge in [0.05, 0.1) is 9.40 Å². The molecule has 3 rings (SSSR count). The number of thiophene rings is 2.